The van der Waals surface area contributed by atoms with Crippen molar-refractivity contribution in [1.82, 2.24) is 5.32 Å². The van der Waals surface area contributed by atoms with E-state index in [0.29, 0.717) is 28.4 Å². The highest BCUT2D eigenvalue weighted by Crippen LogP contribution is 2.29. The summed E-state index contributed by atoms with van der Waals surface area (Å²) in [7, 11) is 3.03. The Morgan fingerprint density at radius 2 is 1.89 bits per heavy atom. The van der Waals surface area contributed by atoms with Crippen LogP contribution in [0.25, 0.3) is 0 Å². The maximum absolute atomic E-state index is 12.4. The molecule has 0 bridgehead atoms. The highest BCUT2D eigenvalue weighted by Gasteiger charge is 2.27. The number of methoxy groups -OCH3 is 2. The molecule has 0 saturated carbocycles. The average Bonchev–Trinajstić information content (AvgIpc) is 2.82. The molecule has 3 amide bonds. The molecule has 1 atom stereocenters. The van der Waals surface area contributed by atoms with Crippen molar-refractivity contribution in [3.05, 3.63) is 48.0 Å². The van der Waals surface area contributed by atoms with Crippen LogP contribution in [0.1, 0.15) is 23.2 Å². The molecule has 1 heterocycles. The summed E-state index contributed by atoms with van der Waals surface area (Å²) in [6.07, 6.45) is 0.193. The summed E-state index contributed by atoms with van der Waals surface area (Å²) in [6.45, 7) is 0. The largest absolute Gasteiger partial charge is 0.497 e. The number of amides is 3. The van der Waals surface area contributed by atoms with E-state index in [2.05, 4.69) is 16.0 Å². The molecule has 1 aliphatic heterocycles. The Labute approximate surface area is 162 Å². The molecule has 0 saturated heterocycles. The molecule has 3 rings (SSSR count). The first-order valence-corrected chi connectivity index (χ1v) is 8.74. The Balaban J connectivity index is 1.64. The number of hydrogen-bond acceptors (Lipinski definition) is 5. The molecule has 0 unspecified atom stereocenters. The third-order valence-electron chi connectivity index (χ3n) is 4.39. The molecule has 3 N–H and O–H groups in total. The molecular formula is C20H21N3O5. The maximum Gasteiger partial charge on any atom is 0.254 e. The fraction of sp³-hybridized carbons (Fsp3) is 0.250. The first kappa shape index (κ1) is 19.2. The first-order valence-electron chi connectivity index (χ1n) is 8.74. The quantitative estimate of drug-likeness (QED) is 0.709. The highest BCUT2D eigenvalue weighted by atomic mass is 16.5. The molecular weight excluding hydrogens is 362 g/mol. The third kappa shape index (κ3) is 4.22. The van der Waals surface area contributed by atoms with E-state index in [9.17, 15) is 14.4 Å². The average molecular weight is 383 g/mol. The highest BCUT2D eigenvalue weighted by molar-refractivity contribution is 6.10. The topological polar surface area (TPSA) is 106 Å². The third-order valence-corrected chi connectivity index (χ3v) is 4.39. The van der Waals surface area contributed by atoms with Gasteiger partial charge in [0.1, 0.15) is 17.5 Å². The van der Waals surface area contributed by atoms with Gasteiger partial charge in [0.2, 0.25) is 11.8 Å². The van der Waals surface area contributed by atoms with Crippen LogP contribution in [0.5, 0.6) is 11.5 Å². The lowest BCUT2D eigenvalue weighted by molar-refractivity contribution is -0.118. The SMILES string of the molecule is COc1ccc(OC)c(NC(=O)CC[C@@H]2NC(=O)c3ccccc3NC2=O)c1. The van der Waals surface area contributed by atoms with Gasteiger partial charge in [-0.25, -0.2) is 0 Å². The van der Waals surface area contributed by atoms with Gasteiger partial charge in [-0.15, -0.1) is 0 Å². The first-order chi connectivity index (χ1) is 13.5. The molecule has 0 fully saturated rings. The Morgan fingerprint density at radius 1 is 1.11 bits per heavy atom. The van der Waals surface area contributed by atoms with Crippen molar-refractivity contribution < 1.29 is 23.9 Å². The number of fused-ring (bicyclic) bond motifs is 1. The van der Waals surface area contributed by atoms with E-state index < -0.39 is 6.04 Å². The number of para-hydroxylation sites is 1. The van der Waals surface area contributed by atoms with Crippen LogP contribution in [0.4, 0.5) is 11.4 Å². The summed E-state index contributed by atoms with van der Waals surface area (Å²) in [5.74, 6) is 0.0450. The van der Waals surface area contributed by atoms with Gasteiger partial charge in [-0.2, -0.15) is 0 Å². The Hall–Kier alpha value is -3.55. The second-order valence-corrected chi connectivity index (χ2v) is 6.21. The molecule has 0 aromatic heterocycles. The number of ether oxygens (including phenoxy) is 2. The number of hydrogen-bond donors (Lipinski definition) is 3. The van der Waals surface area contributed by atoms with Crippen molar-refractivity contribution in [2.45, 2.75) is 18.9 Å². The number of nitrogens with one attached hydrogen (secondary N) is 3. The molecule has 2 aromatic rings. The van der Waals surface area contributed by atoms with E-state index in [1.54, 1.807) is 42.5 Å². The lowest BCUT2D eigenvalue weighted by Crippen LogP contribution is -2.41. The van der Waals surface area contributed by atoms with Gasteiger partial charge >= 0.3 is 0 Å². The summed E-state index contributed by atoms with van der Waals surface area (Å²) in [6, 6.07) is 11.0. The fourth-order valence-electron chi connectivity index (χ4n) is 2.91. The van der Waals surface area contributed by atoms with Crippen molar-refractivity contribution in [1.29, 1.82) is 0 Å². The maximum atomic E-state index is 12.4. The molecule has 0 aliphatic carbocycles. The van der Waals surface area contributed by atoms with E-state index in [-0.39, 0.29) is 30.6 Å². The van der Waals surface area contributed by atoms with Crippen LogP contribution in [0.2, 0.25) is 0 Å². The van der Waals surface area contributed by atoms with Gasteiger partial charge in [-0.1, -0.05) is 12.1 Å². The Kier molecular flexibility index (Phi) is 5.78. The minimum Gasteiger partial charge on any atom is -0.497 e. The van der Waals surface area contributed by atoms with Gasteiger partial charge in [-0.3, -0.25) is 14.4 Å². The molecule has 0 radical (unpaired) electrons. The van der Waals surface area contributed by atoms with Gasteiger partial charge in [0, 0.05) is 12.5 Å². The van der Waals surface area contributed by atoms with Crippen LogP contribution in [0, 0.1) is 0 Å². The molecule has 28 heavy (non-hydrogen) atoms. The summed E-state index contributed by atoms with van der Waals surface area (Å²) < 4.78 is 10.4. The van der Waals surface area contributed by atoms with Crippen LogP contribution in [0.3, 0.4) is 0 Å². The van der Waals surface area contributed by atoms with Crippen molar-refractivity contribution in [2.75, 3.05) is 24.9 Å². The Morgan fingerprint density at radius 3 is 2.64 bits per heavy atom. The van der Waals surface area contributed by atoms with E-state index in [4.69, 9.17) is 9.47 Å². The Bertz CT molecular complexity index is 912. The molecule has 1 aliphatic rings. The van der Waals surface area contributed by atoms with Crippen molar-refractivity contribution in [3.8, 4) is 11.5 Å². The molecule has 8 nitrogen and oxygen atoms in total. The van der Waals surface area contributed by atoms with Crippen LogP contribution >= 0.6 is 0 Å². The van der Waals surface area contributed by atoms with Gasteiger partial charge < -0.3 is 25.4 Å². The number of carbonyl (C=O) groups excluding carboxylic acids is 3. The molecule has 2 aromatic carbocycles. The normalized spacial score (nSPS) is 15.6. The zero-order valence-corrected chi connectivity index (χ0v) is 15.6. The van der Waals surface area contributed by atoms with Crippen LogP contribution < -0.4 is 25.4 Å². The predicted molar refractivity (Wildman–Crippen MR) is 104 cm³/mol. The lowest BCUT2D eigenvalue weighted by atomic mass is 10.1. The van der Waals surface area contributed by atoms with Gasteiger partial charge in [0.05, 0.1) is 31.2 Å². The minimum absolute atomic E-state index is 0.0368. The second kappa shape index (κ2) is 8.43. The monoisotopic (exact) mass is 383 g/mol. The lowest BCUT2D eigenvalue weighted by Gasteiger charge is -2.15. The smallest absolute Gasteiger partial charge is 0.254 e. The summed E-state index contributed by atoms with van der Waals surface area (Å²) in [4.78, 5) is 37.1. The van der Waals surface area contributed by atoms with Crippen molar-refractivity contribution >= 4 is 29.1 Å². The second-order valence-electron chi connectivity index (χ2n) is 6.21. The van der Waals surface area contributed by atoms with E-state index in [1.165, 1.54) is 14.2 Å². The summed E-state index contributed by atoms with van der Waals surface area (Å²) in [5.41, 5.74) is 1.32. The summed E-state index contributed by atoms with van der Waals surface area (Å²) >= 11 is 0. The van der Waals surface area contributed by atoms with Crippen LogP contribution in [-0.4, -0.2) is 38.0 Å². The zero-order valence-electron chi connectivity index (χ0n) is 15.6. The van der Waals surface area contributed by atoms with Gasteiger partial charge in [0.15, 0.2) is 0 Å². The van der Waals surface area contributed by atoms with Gasteiger partial charge in [-0.05, 0) is 30.7 Å². The summed E-state index contributed by atoms with van der Waals surface area (Å²) in [5, 5.41) is 8.13. The van der Waals surface area contributed by atoms with Crippen LogP contribution in [0.15, 0.2) is 42.5 Å². The van der Waals surface area contributed by atoms with Crippen LogP contribution in [-0.2, 0) is 9.59 Å². The zero-order chi connectivity index (χ0) is 20.1. The molecule has 0 spiro atoms. The standard InChI is InChI=1S/C20H21N3O5/c1-27-12-7-9-17(28-2)16(11-12)21-18(24)10-8-15-20(26)22-14-6-4-3-5-13(14)19(25)23-15/h3-7,9,11,15H,8,10H2,1-2H3,(H,21,24)(H,22,26)(H,23,25)/t15-/m0/s1. The van der Waals surface area contributed by atoms with Crippen molar-refractivity contribution in [3.63, 3.8) is 0 Å². The fourth-order valence-corrected chi connectivity index (χ4v) is 2.91. The minimum atomic E-state index is -0.808. The number of anilines is 2. The van der Waals surface area contributed by atoms with Gasteiger partial charge in [0.25, 0.3) is 5.91 Å². The number of carbonyl (C=O) groups is 3. The molecule has 8 heteroatoms. The van der Waals surface area contributed by atoms with Crippen molar-refractivity contribution in [2.24, 2.45) is 0 Å². The number of rotatable bonds is 6. The van der Waals surface area contributed by atoms with E-state index in [1.807, 2.05) is 0 Å². The predicted octanol–water partition coefficient (Wildman–Crippen LogP) is 2.17. The van der Waals surface area contributed by atoms with E-state index >= 15 is 0 Å². The molecule has 146 valence electrons. The number of benzene rings is 2. The van der Waals surface area contributed by atoms with E-state index in [0.717, 1.165) is 0 Å².